The number of carbonyl (C=O) groups excluding carboxylic acids is 1. The van der Waals surface area contributed by atoms with Crippen LogP contribution in [0.2, 0.25) is 0 Å². The third-order valence-corrected chi connectivity index (χ3v) is 8.44. The topological polar surface area (TPSA) is 204 Å². The van der Waals surface area contributed by atoms with E-state index in [9.17, 15) is 24.8 Å². The molecular formula is C28H29N6O8P. The van der Waals surface area contributed by atoms with Gasteiger partial charge in [0.15, 0.2) is 5.82 Å². The van der Waals surface area contributed by atoms with Crippen molar-refractivity contribution < 1.29 is 38.1 Å². The average molecular weight is 609 g/mol. The first kappa shape index (κ1) is 30.1. The molecule has 15 heteroatoms. The number of aromatic nitrogens is 3. The van der Waals surface area contributed by atoms with Crippen LogP contribution in [0.4, 0.5) is 5.82 Å². The number of aliphatic hydroxyl groups excluding tert-OH is 2. The van der Waals surface area contributed by atoms with Gasteiger partial charge in [0, 0.05) is 0 Å². The van der Waals surface area contributed by atoms with Crippen LogP contribution in [-0.2, 0) is 35.6 Å². The van der Waals surface area contributed by atoms with Crippen molar-refractivity contribution in [2.75, 3.05) is 12.3 Å². The van der Waals surface area contributed by atoms with E-state index in [1.54, 1.807) is 48.5 Å². The van der Waals surface area contributed by atoms with Gasteiger partial charge in [-0.25, -0.2) is 14.1 Å². The summed E-state index contributed by atoms with van der Waals surface area (Å²) in [5.74, 6) is -0.426. The predicted octanol–water partition coefficient (Wildman–Crippen LogP) is 2.08. The fourth-order valence-corrected chi connectivity index (χ4v) is 6.08. The second-order valence-corrected chi connectivity index (χ2v) is 11.4. The average Bonchev–Trinajstić information content (AvgIpc) is 3.56. The number of nitrogen functional groups attached to an aromatic ring is 1. The molecule has 0 bridgehead atoms. The molecule has 0 radical (unpaired) electrons. The number of nitrogens with two attached hydrogens (primary N) is 1. The summed E-state index contributed by atoms with van der Waals surface area (Å²) < 4.78 is 37.7. The molecule has 14 nitrogen and oxygen atoms in total. The zero-order valence-corrected chi connectivity index (χ0v) is 23.8. The highest BCUT2D eigenvalue weighted by atomic mass is 31.2. The van der Waals surface area contributed by atoms with Crippen LogP contribution in [0.1, 0.15) is 18.2 Å². The van der Waals surface area contributed by atoms with E-state index in [1.165, 1.54) is 36.0 Å². The SMILES string of the molecule is C[C@H](N[P@](=O)(OC[C@H]1O[C@@](C#N)(c2ccc3c(N)ncnn23)[C@H](O)[C@@H]1O)Oc1ccccc1)C(=O)OCc1ccccc1. The zero-order valence-electron chi connectivity index (χ0n) is 22.9. The Morgan fingerprint density at radius 2 is 1.88 bits per heavy atom. The fourth-order valence-electron chi connectivity index (χ4n) is 4.58. The number of nitrogens with one attached hydrogen (secondary N) is 1. The Bertz CT molecular complexity index is 1670. The summed E-state index contributed by atoms with van der Waals surface area (Å²) in [7, 11) is -4.35. The fraction of sp³-hybridized carbons (Fsp3) is 0.286. The molecule has 0 aliphatic carbocycles. The standard InChI is InChI=1S/C28H29N6O8P/c1-18(27(37)39-14-19-8-4-2-5-9-19)33-43(38,42-20-10-6-3-7-11-20)40-15-22-24(35)25(36)28(16-29,41-22)23-13-12-21-26(30)31-17-32-34(21)23/h2-13,17-18,22,24-25,35-36H,14-15H2,1H3,(H,33,38)(H2,30,31,32)/t18-,22+,24+,25+,28-,43-/m0/s1. The lowest BCUT2D eigenvalue weighted by molar-refractivity contribution is -0.146. The molecule has 43 heavy (non-hydrogen) atoms. The van der Waals surface area contributed by atoms with Crippen molar-refractivity contribution in [3.05, 3.63) is 90.4 Å². The highest BCUT2D eigenvalue weighted by Crippen LogP contribution is 2.47. The molecule has 3 heterocycles. The number of carbonyl (C=O) groups is 1. The molecule has 2 aromatic carbocycles. The number of ether oxygens (including phenoxy) is 2. The first-order chi connectivity index (χ1) is 20.7. The number of anilines is 1. The summed E-state index contributed by atoms with van der Waals surface area (Å²) in [6.07, 6.45) is -3.59. The molecule has 5 rings (SSSR count). The van der Waals surface area contributed by atoms with Crippen LogP contribution in [0, 0.1) is 11.3 Å². The summed E-state index contributed by atoms with van der Waals surface area (Å²) in [6.45, 7) is 0.816. The zero-order chi connectivity index (χ0) is 30.6. The number of rotatable bonds is 11. The molecule has 4 aromatic rings. The lowest BCUT2D eigenvalue weighted by Crippen LogP contribution is -2.41. The van der Waals surface area contributed by atoms with E-state index in [2.05, 4.69) is 15.2 Å². The first-order valence-electron chi connectivity index (χ1n) is 13.2. The van der Waals surface area contributed by atoms with Crippen LogP contribution in [0.5, 0.6) is 5.75 Å². The molecule has 0 saturated carbocycles. The lowest BCUT2D eigenvalue weighted by Gasteiger charge is -2.25. The molecule has 0 amide bonds. The molecular weight excluding hydrogens is 579 g/mol. The molecule has 2 aromatic heterocycles. The van der Waals surface area contributed by atoms with Gasteiger partial charge >= 0.3 is 13.7 Å². The summed E-state index contributed by atoms with van der Waals surface area (Å²) in [5.41, 5.74) is 5.02. The van der Waals surface area contributed by atoms with E-state index in [1.807, 2.05) is 12.1 Å². The summed E-state index contributed by atoms with van der Waals surface area (Å²) in [6, 6.07) is 20.9. The molecule has 1 aliphatic heterocycles. The Kier molecular flexibility index (Phi) is 8.74. The van der Waals surface area contributed by atoms with Gasteiger partial charge in [0.05, 0.1) is 12.3 Å². The third kappa shape index (κ3) is 6.23. The lowest BCUT2D eigenvalue weighted by atomic mass is 9.92. The van der Waals surface area contributed by atoms with Crippen molar-refractivity contribution in [3.63, 3.8) is 0 Å². The maximum Gasteiger partial charge on any atom is 0.459 e. The Morgan fingerprint density at radius 1 is 1.19 bits per heavy atom. The summed E-state index contributed by atoms with van der Waals surface area (Å²) >= 11 is 0. The minimum absolute atomic E-state index is 0.00236. The highest BCUT2D eigenvalue weighted by Gasteiger charge is 2.58. The van der Waals surface area contributed by atoms with Gasteiger partial charge in [0.2, 0.25) is 5.60 Å². The smallest absolute Gasteiger partial charge is 0.459 e. The van der Waals surface area contributed by atoms with E-state index in [4.69, 9.17) is 24.3 Å². The van der Waals surface area contributed by atoms with Crippen LogP contribution in [0.25, 0.3) is 5.52 Å². The molecule has 1 aliphatic rings. The minimum atomic E-state index is -4.35. The van der Waals surface area contributed by atoms with Crippen LogP contribution in [0.15, 0.2) is 79.1 Å². The monoisotopic (exact) mass is 608 g/mol. The number of nitrogens with zero attached hydrogens (tertiary/aromatic N) is 4. The van der Waals surface area contributed by atoms with Crippen molar-refractivity contribution in [1.29, 1.82) is 5.26 Å². The summed E-state index contributed by atoms with van der Waals surface area (Å²) in [5, 5.41) is 38.7. The number of hydrogen-bond donors (Lipinski definition) is 4. The minimum Gasteiger partial charge on any atom is -0.460 e. The molecule has 1 saturated heterocycles. The number of esters is 1. The highest BCUT2D eigenvalue weighted by molar-refractivity contribution is 7.52. The van der Waals surface area contributed by atoms with Crippen molar-refractivity contribution in [3.8, 4) is 11.8 Å². The van der Waals surface area contributed by atoms with Gasteiger partial charge in [0.25, 0.3) is 0 Å². The first-order valence-corrected chi connectivity index (χ1v) is 14.7. The molecule has 6 atom stereocenters. The van der Waals surface area contributed by atoms with Gasteiger partial charge < -0.3 is 29.9 Å². The second-order valence-electron chi connectivity index (χ2n) is 9.74. The van der Waals surface area contributed by atoms with E-state index in [0.717, 1.165) is 5.56 Å². The van der Waals surface area contributed by atoms with Crippen LogP contribution in [0.3, 0.4) is 0 Å². The van der Waals surface area contributed by atoms with Gasteiger partial charge in [0.1, 0.15) is 54.6 Å². The predicted molar refractivity (Wildman–Crippen MR) is 151 cm³/mol. The molecule has 1 fully saturated rings. The summed E-state index contributed by atoms with van der Waals surface area (Å²) in [4.78, 5) is 16.6. The number of nitriles is 1. The van der Waals surface area contributed by atoms with Gasteiger partial charge in [-0.05, 0) is 36.8 Å². The van der Waals surface area contributed by atoms with Crippen LogP contribution in [-0.4, -0.2) is 61.7 Å². The third-order valence-electron chi connectivity index (χ3n) is 6.79. The second kappa shape index (κ2) is 12.5. The van der Waals surface area contributed by atoms with Gasteiger partial charge in [-0.2, -0.15) is 15.4 Å². The quantitative estimate of drug-likeness (QED) is 0.142. The van der Waals surface area contributed by atoms with E-state index in [-0.39, 0.29) is 23.9 Å². The van der Waals surface area contributed by atoms with Gasteiger partial charge in [-0.15, -0.1) is 0 Å². The number of benzene rings is 2. The van der Waals surface area contributed by atoms with E-state index < -0.39 is 50.3 Å². The molecule has 224 valence electrons. The Balaban J connectivity index is 1.33. The van der Waals surface area contributed by atoms with Gasteiger partial charge in [-0.3, -0.25) is 9.32 Å². The van der Waals surface area contributed by atoms with Gasteiger partial charge in [-0.1, -0.05) is 48.5 Å². The normalized spacial score (nSPS) is 23.7. The van der Waals surface area contributed by atoms with Crippen molar-refractivity contribution in [2.24, 2.45) is 0 Å². The molecule has 5 N–H and O–H groups in total. The Labute approximate surface area is 246 Å². The van der Waals surface area contributed by atoms with Crippen molar-refractivity contribution in [2.45, 2.75) is 43.5 Å². The maximum atomic E-state index is 13.9. The Morgan fingerprint density at radius 3 is 2.58 bits per heavy atom. The largest absolute Gasteiger partial charge is 0.460 e. The van der Waals surface area contributed by atoms with E-state index in [0.29, 0.717) is 5.52 Å². The molecule has 0 spiro atoms. The van der Waals surface area contributed by atoms with Crippen LogP contribution >= 0.6 is 7.75 Å². The van der Waals surface area contributed by atoms with Crippen LogP contribution < -0.4 is 15.3 Å². The Hall–Kier alpha value is -4.35. The number of fused-ring (bicyclic) bond motifs is 1. The maximum absolute atomic E-state index is 13.9. The van der Waals surface area contributed by atoms with E-state index >= 15 is 0 Å². The number of aliphatic hydroxyl groups is 2. The van der Waals surface area contributed by atoms with Crippen molar-refractivity contribution in [1.82, 2.24) is 19.7 Å². The number of hydrogen-bond acceptors (Lipinski definition) is 12. The number of para-hydroxylation sites is 1. The molecule has 0 unspecified atom stereocenters. The van der Waals surface area contributed by atoms with Crippen molar-refractivity contribution >= 4 is 25.1 Å².